The molecule has 3 saturated heterocycles. The number of hydrogen-bond acceptors (Lipinski definition) is 3. The third kappa shape index (κ3) is 4.24. The Morgan fingerprint density at radius 3 is 2.57 bits per heavy atom. The normalized spacial score (nSPS) is 25.9. The molecule has 2 amide bonds. The molecule has 28 heavy (non-hydrogen) atoms. The van der Waals surface area contributed by atoms with Crippen molar-refractivity contribution in [2.24, 2.45) is 5.41 Å². The van der Waals surface area contributed by atoms with Crippen LogP contribution in [0.25, 0.3) is 0 Å². The lowest BCUT2D eigenvalue weighted by Crippen LogP contribution is -2.53. The molecule has 3 aliphatic heterocycles. The predicted molar refractivity (Wildman–Crippen MR) is 110 cm³/mol. The van der Waals surface area contributed by atoms with Gasteiger partial charge < -0.3 is 14.7 Å². The van der Waals surface area contributed by atoms with Crippen molar-refractivity contribution >= 4 is 11.8 Å². The molecule has 1 atom stereocenters. The van der Waals surface area contributed by atoms with E-state index >= 15 is 0 Å². The maximum atomic E-state index is 12.8. The first-order valence-corrected chi connectivity index (χ1v) is 10.8. The number of benzene rings is 1. The van der Waals surface area contributed by atoms with Gasteiger partial charge in [0.2, 0.25) is 11.8 Å². The van der Waals surface area contributed by atoms with Gasteiger partial charge in [-0.25, -0.2) is 0 Å². The molecule has 1 spiro atoms. The van der Waals surface area contributed by atoms with E-state index in [-0.39, 0.29) is 18.4 Å². The molecule has 3 heterocycles. The first-order chi connectivity index (χ1) is 13.5. The molecule has 5 nitrogen and oxygen atoms in total. The van der Waals surface area contributed by atoms with Gasteiger partial charge in [0.15, 0.2) is 0 Å². The van der Waals surface area contributed by atoms with Gasteiger partial charge in [-0.15, -0.1) is 0 Å². The smallest absolute Gasteiger partial charge is 0.242 e. The van der Waals surface area contributed by atoms with Crippen LogP contribution >= 0.6 is 0 Å². The first kappa shape index (κ1) is 19.4. The minimum Gasteiger partial charge on any atom is -0.341 e. The summed E-state index contributed by atoms with van der Waals surface area (Å²) in [5.41, 5.74) is 1.75. The van der Waals surface area contributed by atoms with Crippen molar-refractivity contribution < 1.29 is 9.59 Å². The van der Waals surface area contributed by atoms with Gasteiger partial charge in [-0.05, 0) is 56.0 Å². The highest BCUT2D eigenvalue weighted by atomic mass is 16.2. The molecule has 0 aromatic heterocycles. The molecule has 0 bridgehead atoms. The average Bonchev–Trinajstić information content (AvgIpc) is 2.70. The molecule has 0 aliphatic carbocycles. The highest BCUT2D eigenvalue weighted by molar-refractivity contribution is 5.85. The fourth-order valence-electron chi connectivity index (χ4n) is 5.50. The van der Waals surface area contributed by atoms with Crippen LogP contribution < -0.4 is 0 Å². The Hall–Kier alpha value is -1.88. The summed E-state index contributed by atoms with van der Waals surface area (Å²) >= 11 is 0. The zero-order valence-electron chi connectivity index (χ0n) is 17.1. The number of nitrogens with zero attached hydrogens (tertiary/aromatic N) is 3. The average molecular weight is 384 g/mol. The van der Waals surface area contributed by atoms with Crippen LogP contribution in [-0.2, 0) is 9.59 Å². The van der Waals surface area contributed by atoms with Crippen LogP contribution in [0, 0.1) is 5.41 Å². The Labute approximate surface area is 168 Å². The van der Waals surface area contributed by atoms with Crippen molar-refractivity contribution in [2.45, 2.75) is 44.4 Å². The summed E-state index contributed by atoms with van der Waals surface area (Å²) < 4.78 is 0. The maximum absolute atomic E-state index is 12.8. The van der Waals surface area contributed by atoms with Crippen molar-refractivity contribution in [1.82, 2.24) is 14.7 Å². The molecule has 1 unspecified atom stereocenters. The molecule has 152 valence electrons. The minimum atomic E-state index is 0.133. The van der Waals surface area contributed by atoms with Gasteiger partial charge >= 0.3 is 0 Å². The molecule has 3 fully saturated rings. The molecule has 3 aliphatic rings. The first-order valence-electron chi connectivity index (χ1n) is 10.8. The van der Waals surface area contributed by atoms with Gasteiger partial charge in [-0.2, -0.15) is 0 Å². The van der Waals surface area contributed by atoms with Crippen LogP contribution in [0.15, 0.2) is 30.3 Å². The number of hydrogen-bond donors (Lipinski definition) is 0. The lowest BCUT2D eigenvalue weighted by Gasteiger charge is -2.49. The second kappa shape index (κ2) is 8.24. The van der Waals surface area contributed by atoms with Gasteiger partial charge in [0.05, 0.1) is 6.54 Å². The monoisotopic (exact) mass is 383 g/mol. The SMILES string of the molecule is CN1CC(c2ccccc2)CC2(CCN(C(=O)CN3CCCCC3=O)CC2)C1. The van der Waals surface area contributed by atoms with E-state index in [0.29, 0.717) is 17.8 Å². The molecular weight excluding hydrogens is 350 g/mol. The fourth-order valence-corrected chi connectivity index (χ4v) is 5.50. The van der Waals surface area contributed by atoms with Crippen LogP contribution in [-0.4, -0.2) is 72.8 Å². The number of likely N-dealkylation sites (tertiary alicyclic amines) is 3. The van der Waals surface area contributed by atoms with Gasteiger partial charge in [0.25, 0.3) is 0 Å². The van der Waals surface area contributed by atoms with Crippen molar-refractivity contribution in [2.75, 3.05) is 46.3 Å². The van der Waals surface area contributed by atoms with Crippen molar-refractivity contribution in [3.8, 4) is 0 Å². The molecule has 1 aromatic carbocycles. The lowest BCUT2D eigenvalue weighted by atomic mass is 9.68. The molecule has 0 N–H and O–H groups in total. The summed E-state index contributed by atoms with van der Waals surface area (Å²) in [4.78, 5) is 31.0. The highest BCUT2D eigenvalue weighted by Gasteiger charge is 2.42. The number of amides is 2. The van der Waals surface area contributed by atoms with Crippen molar-refractivity contribution in [3.63, 3.8) is 0 Å². The fraction of sp³-hybridized carbons (Fsp3) is 0.652. The van der Waals surface area contributed by atoms with Crippen molar-refractivity contribution in [1.29, 1.82) is 0 Å². The standard InChI is InChI=1S/C23H33N3O2/c1-24-16-20(19-7-3-2-4-8-19)15-23(18-24)10-13-25(14-11-23)22(28)17-26-12-6-5-9-21(26)27/h2-4,7-8,20H,5-6,9-18H2,1H3. The molecule has 0 radical (unpaired) electrons. The Kier molecular flexibility index (Phi) is 5.72. The van der Waals surface area contributed by atoms with E-state index < -0.39 is 0 Å². The third-order valence-electron chi connectivity index (χ3n) is 7.01. The van der Waals surface area contributed by atoms with Gasteiger partial charge in [0.1, 0.15) is 0 Å². The predicted octanol–water partition coefficient (Wildman–Crippen LogP) is 2.73. The molecule has 5 heteroatoms. The van der Waals surface area contributed by atoms with E-state index in [1.807, 2.05) is 4.90 Å². The van der Waals surface area contributed by atoms with E-state index in [9.17, 15) is 9.59 Å². The Balaban J connectivity index is 1.35. The van der Waals surface area contributed by atoms with Crippen LogP contribution in [0.4, 0.5) is 0 Å². The summed E-state index contributed by atoms with van der Waals surface area (Å²) in [5.74, 6) is 0.856. The van der Waals surface area contributed by atoms with E-state index in [2.05, 4.69) is 42.3 Å². The summed E-state index contributed by atoms with van der Waals surface area (Å²) in [6.07, 6.45) is 5.94. The largest absolute Gasteiger partial charge is 0.341 e. The lowest BCUT2D eigenvalue weighted by molar-refractivity contribution is -0.143. The number of piperidine rings is 3. The van der Waals surface area contributed by atoms with Crippen LogP contribution in [0.3, 0.4) is 0 Å². The zero-order valence-corrected chi connectivity index (χ0v) is 17.1. The van der Waals surface area contributed by atoms with Gasteiger partial charge in [-0.3, -0.25) is 9.59 Å². The molecule has 1 aromatic rings. The maximum Gasteiger partial charge on any atom is 0.242 e. The Morgan fingerprint density at radius 1 is 1.11 bits per heavy atom. The third-order valence-corrected chi connectivity index (χ3v) is 7.01. The zero-order chi connectivity index (χ0) is 19.6. The van der Waals surface area contributed by atoms with Crippen molar-refractivity contribution in [3.05, 3.63) is 35.9 Å². The summed E-state index contributed by atoms with van der Waals surface area (Å²) in [6.45, 7) is 4.92. The van der Waals surface area contributed by atoms with Crippen LogP contribution in [0.5, 0.6) is 0 Å². The quantitative estimate of drug-likeness (QED) is 0.806. The molecular formula is C23H33N3O2. The van der Waals surface area contributed by atoms with E-state index in [1.54, 1.807) is 4.90 Å². The number of carbonyl (C=O) groups is 2. The van der Waals surface area contributed by atoms with E-state index in [0.717, 1.165) is 58.4 Å². The summed E-state index contributed by atoms with van der Waals surface area (Å²) in [6, 6.07) is 10.9. The Bertz CT molecular complexity index is 697. The topological polar surface area (TPSA) is 43.9 Å². The molecule has 4 rings (SSSR count). The second-order valence-electron chi connectivity index (χ2n) is 9.16. The molecule has 0 saturated carbocycles. The van der Waals surface area contributed by atoms with Crippen LogP contribution in [0.1, 0.15) is 50.0 Å². The number of rotatable bonds is 3. The van der Waals surface area contributed by atoms with E-state index in [4.69, 9.17) is 0 Å². The van der Waals surface area contributed by atoms with Gasteiger partial charge in [-0.1, -0.05) is 30.3 Å². The number of carbonyl (C=O) groups excluding carboxylic acids is 2. The van der Waals surface area contributed by atoms with Crippen LogP contribution in [0.2, 0.25) is 0 Å². The number of likely N-dealkylation sites (N-methyl/N-ethyl adjacent to an activating group) is 1. The second-order valence-corrected chi connectivity index (χ2v) is 9.16. The summed E-state index contributed by atoms with van der Waals surface area (Å²) in [7, 11) is 2.23. The van der Waals surface area contributed by atoms with E-state index in [1.165, 1.54) is 12.0 Å². The Morgan fingerprint density at radius 2 is 1.86 bits per heavy atom. The minimum absolute atomic E-state index is 0.133. The highest BCUT2D eigenvalue weighted by Crippen LogP contribution is 2.44. The summed E-state index contributed by atoms with van der Waals surface area (Å²) in [5, 5.41) is 0. The van der Waals surface area contributed by atoms with Gasteiger partial charge in [0, 0.05) is 39.1 Å².